The van der Waals surface area contributed by atoms with Gasteiger partial charge in [-0.25, -0.2) is 13.9 Å². The summed E-state index contributed by atoms with van der Waals surface area (Å²) in [5.74, 6) is -0.674. The molecule has 0 spiro atoms. The summed E-state index contributed by atoms with van der Waals surface area (Å²) in [6, 6.07) is 5.69. The smallest absolute Gasteiger partial charge is 0.360 e. The van der Waals surface area contributed by atoms with Crippen molar-refractivity contribution >= 4 is 17.6 Å². The first-order valence-electron chi connectivity index (χ1n) is 5.30. The molecule has 19 heavy (non-hydrogen) atoms. The molecule has 0 saturated heterocycles. The second kappa shape index (κ2) is 5.71. The van der Waals surface area contributed by atoms with E-state index in [0.29, 0.717) is 5.75 Å². The zero-order valence-corrected chi connectivity index (χ0v) is 10.7. The van der Waals surface area contributed by atoms with Crippen LogP contribution in [-0.4, -0.2) is 22.9 Å². The van der Waals surface area contributed by atoms with Gasteiger partial charge in [-0.05, 0) is 12.1 Å². The van der Waals surface area contributed by atoms with E-state index in [1.165, 1.54) is 36.2 Å². The summed E-state index contributed by atoms with van der Waals surface area (Å²) in [6.07, 6.45) is 1.42. The maximum Gasteiger partial charge on any atom is 0.360 e. The molecule has 0 aliphatic heterocycles. The maximum absolute atomic E-state index is 12.9. The number of ether oxygens (including phenoxy) is 2. The fourth-order valence-corrected chi connectivity index (χ4v) is 1.62. The molecule has 0 N–H and O–H groups in total. The van der Waals surface area contributed by atoms with Gasteiger partial charge in [-0.1, -0.05) is 17.7 Å². The number of carbonyl (C=O) groups is 1. The highest BCUT2D eigenvalue weighted by molar-refractivity contribution is 6.33. The maximum atomic E-state index is 12.9. The first-order valence-corrected chi connectivity index (χ1v) is 5.67. The third kappa shape index (κ3) is 3.23. The quantitative estimate of drug-likeness (QED) is 0.810. The molecule has 1 aromatic carbocycles. The predicted molar refractivity (Wildman–Crippen MR) is 65.6 cm³/mol. The summed E-state index contributed by atoms with van der Waals surface area (Å²) in [7, 11) is 1.24. The summed E-state index contributed by atoms with van der Waals surface area (Å²) in [5.41, 5.74) is 0.00649. The van der Waals surface area contributed by atoms with E-state index < -0.39 is 11.8 Å². The summed E-state index contributed by atoms with van der Waals surface area (Å²) < 4.78 is 24.1. The van der Waals surface area contributed by atoms with Crippen molar-refractivity contribution in [3.63, 3.8) is 0 Å². The van der Waals surface area contributed by atoms with Crippen LogP contribution < -0.4 is 4.74 Å². The van der Waals surface area contributed by atoms with Crippen LogP contribution in [0.4, 0.5) is 4.39 Å². The number of benzene rings is 1. The second-order valence-corrected chi connectivity index (χ2v) is 3.99. The largest absolute Gasteiger partial charge is 0.471 e. The summed E-state index contributed by atoms with van der Waals surface area (Å²) in [4.78, 5) is 11.3. The highest BCUT2D eigenvalue weighted by Gasteiger charge is 2.15. The molecule has 0 amide bonds. The molecular weight excluding hydrogens is 275 g/mol. The van der Waals surface area contributed by atoms with Crippen LogP contribution in [0.1, 0.15) is 10.5 Å². The normalized spacial score (nSPS) is 10.3. The number of carbonyl (C=O) groups excluding carboxylic acids is 1. The molecule has 0 fully saturated rings. The first kappa shape index (κ1) is 13.4. The second-order valence-electron chi connectivity index (χ2n) is 3.59. The number of nitrogens with zero attached hydrogens (tertiary/aromatic N) is 2. The minimum Gasteiger partial charge on any atom is -0.471 e. The third-order valence-electron chi connectivity index (χ3n) is 2.26. The molecule has 0 aliphatic rings. The lowest BCUT2D eigenvalue weighted by atomic mass is 10.3. The Morgan fingerprint density at radius 2 is 2.32 bits per heavy atom. The van der Waals surface area contributed by atoms with E-state index >= 15 is 0 Å². The molecule has 2 aromatic rings. The van der Waals surface area contributed by atoms with Crippen molar-refractivity contribution in [3.05, 3.63) is 47.0 Å². The monoisotopic (exact) mass is 284 g/mol. The van der Waals surface area contributed by atoms with Crippen molar-refractivity contribution in [2.45, 2.75) is 6.73 Å². The van der Waals surface area contributed by atoms with Gasteiger partial charge in [0, 0.05) is 12.3 Å². The Morgan fingerprint density at radius 3 is 3.00 bits per heavy atom. The van der Waals surface area contributed by atoms with E-state index in [4.69, 9.17) is 16.3 Å². The minimum atomic E-state index is -0.630. The van der Waals surface area contributed by atoms with Crippen LogP contribution in [0.3, 0.4) is 0 Å². The summed E-state index contributed by atoms with van der Waals surface area (Å²) in [6.45, 7) is 0.000166. The number of rotatable bonds is 4. The van der Waals surface area contributed by atoms with Gasteiger partial charge >= 0.3 is 5.97 Å². The Bertz CT molecular complexity index is 600. The van der Waals surface area contributed by atoms with Crippen LogP contribution in [-0.2, 0) is 11.5 Å². The van der Waals surface area contributed by atoms with Crippen molar-refractivity contribution in [1.29, 1.82) is 0 Å². The topological polar surface area (TPSA) is 53.3 Å². The highest BCUT2D eigenvalue weighted by atomic mass is 35.5. The molecule has 1 aromatic heterocycles. The molecule has 7 heteroatoms. The van der Waals surface area contributed by atoms with E-state index in [1.54, 1.807) is 6.07 Å². The average Bonchev–Trinajstić information content (AvgIpc) is 2.77. The van der Waals surface area contributed by atoms with Crippen LogP contribution in [0.5, 0.6) is 5.75 Å². The van der Waals surface area contributed by atoms with Gasteiger partial charge in [-0.15, -0.1) is 0 Å². The molecule has 100 valence electrons. The van der Waals surface area contributed by atoms with E-state index in [9.17, 15) is 9.18 Å². The zero-order valence-electron chi connectivity index (χ0n) is 9.97. The van der Waals surface area contributed by atoms with E-state index in [-0.39, 0.29) is 17.4 Å². The fourth-order valence-electron chi connectivity index (χ4n) is 1.40. The lowest BCUT2D eigenvalue weighted by molar-refractivity contribution is 0.0592. The average molecular weight is 285 g/mol. The Balaban J connectivity index is 2.06. The highest BCUT2D eigenvalue weighted by Crippen LogP contribution is 2.16. The Hall–Kier alpha value is -2.08. The van der Waals surface area contributed by atoms with Gasteiger partial charge in [-0.2, -0.15) is 5.10 Å². The van der Waals surface area contributed by atoms with E-state index in [2.05, 4.69) is 9.84 Å². The van der Waals surface area contributed by atoms with Crippen LogP contribution >= 0.6 is 11.6 Å². The van der Waals surface area contributed by atoms with Gasteiger partial charge in [-0.3, -0.25) is 0 Å². The summed E-state index contributed by atoms with van der Waals surface area (Å²) >= 11 is 5.83. The molecule has 0 atom stereocenters. The van der Waals surface area contributed by atoms with Crippen LogP contribution in [0.15, 0.2) is 30.5 Å². The number of methoxy groups -OCH3 is 1. The molecule has 0 radical (unpaired) electrons. The zero-order chi connectivity index (χ0) is 13.8. The van der Waals surface area contributed by atoms with Gasteiger partial charge < -0.3 is 9.47 Å². The van der Waals surface area contributed by atoms with Crippen molar-refractivity contribution in [2.75, 3.05) is 7.11 Å². The molecule has 2 rings (SSSR count). The van der Waals surface area contributed by atoms with Crippen LogP contribution in [0, 0.1) is 5.82 Å². The van der Waals surface area contributed by atoms with Crippen molar-refractivity contribution < 1.29 is 18.7 Å². The molecule has 1 heterocycles. The van der Waals surface area contributed by atoms with Gasteiger partial charge in [0.25, 0.3) is 0 Å². The lowest BCUT2D eigenvalue weighted by Crippen LogP contribution is -2.08. The molecule has 5 nitrogen and oxygen atoms in total. The van der Waals surface area contributed by atoms with Crippen LogP contribution in [0.25, 0.3) is 0 Å². The van der Waals surface area contributed by atoms with Crippen molar-refractivity contribution in [3.8, 4) is 5.75 Å². The Kier molecular flexibility index (Phi) is 4.01. The SMILES string of the molecule is COC(=O)c1nn(COc2cccc(F)c2)cc1Cl. The molecule has 0 saturated carbocycles. The van der Waals surface area contributed by atoms with Gasteiger partial charge in [0.15, 0.2) is 12.4 Å². The van der Waals surface area contributed by atoms with Gasteiger partial charge in [0.2, 0.25) is 0 Å². The molecule has 0 bridgehead atoms. The number of esters is 1. The number of hydrogen-bond donors (Lipinski definition) is 0. The fraction of sp³-hybridized carbons (Fsp3) is 0.167. The summed E-state index contributed by atoms with van der Waals surface area (Å²) in [5, 5.41) is 4.07. The predicted octanol–water partition coefficient (Wildman–Crippen LogP) is 2.50. The Morgan fingerprint density at radius 1 is 1.53 bits per heavy atom. The van der Waals surface area contributed by atoms with Crippen LogP contribution in [0.2, 0.25) is 5.02 Å². The first-order chi connectivity index (χ1) is 9.10. The van der Waals surface area contributed by atoms with E-state index in [1.807, 2.05) is 0 Å². The van der Waals surface area contributed by atoms with Crippen molar-refractivity contribution in [2.24, 2.45) is 0 Å². The third-order valence-corrected chi connectivity index (χ3v) is 2.53. The standard InChI is InChI=1S/C12H10ClFN2O3/c1-18-12(17)11-10(13)6-16(15-11)7-19-9-4-2-3-8(14)5-9/h2-6H,7H2,1H3. The molecule has 0 aliphatic carbocycles. The number of aromatic nitrogens is 2. The van der Waals surface area contributed by atoms with Gasteiger partial charge in [0.1, 0.15) is 11.6 Å². The number of halogens is 2. The number of hydrogen-bond acceptors (Lipinski definition) is 4. The van der Waals surface area contributed by atoms with E-state index in [0.717, 1.165) is 0 Å². The van der Waals surface area contributed by atoms with Gasteiger partial charge in [0.05, 0.1) is 12.1 Å². The minimum absolute atomic E-state index is 0.000166. The van der Waals surface area contributed by atoms with Crippen molar-refractivity contribution in [1.82, 2.24) is 9.78 Å². The Labute approximate surface area is 113 Å². The molecular formula is C12H10ClFN2O3. The lowest BCUT2D eigenvalue weighted by Gasteiger charge is -2.05. The molecule has 0 unspecified atom stereocenters.